The highest BCUT2D eigenvalue weighted by molar-refractivity contribution is 5.99. The summed E-state index contributed by atoms with van der Waals surface area (Å²) < 4.78 is 14.0. The topological polar surface area (TPSA) is 18.5 Å². The van der Waals surface area contributed by atoms with Gasteiger partial charge in [-0.25, -0.2) is 0 Å². The molecule has 42 heavy (non-hydrogen) atoms. The van der Waals surface area contributed by atoms with Crippen molar-refractivity contribution in [2.45, 2.75) is 39.2 Å². The van der Waals surface area contributed by atoms with E-state index in [2.05, 4.69) is 99.9 Å². The Kier molecular flexibility index (Phi) is 7.31. The highest BCUT2D eigenvalue weighted by Gasteiger charge is 2.49. The first-order valence-corrected chi connectivity index (χ1v) is 14.7. The molecule has 0 aromatic heterocycles. The molecule has 0 amide bonds. The number of ether oxygens (including phenoxy) is 2. The van der Waals surface area contributed by atoms with E-state index in [1.807, 2.05) is 49.4 Å². The molecule has 1 spiro atoms. The van der Waals surface area contributed by atoms with Crippen molar-refractivity contribution in [2.75, 3.05) is 0 Å². The molecule has 0 saturated heterocycles. The van der Waals surface area contributed by atoms with Crippen molar-refractivity contribution < 1.29 is 9.47 Å². The lowest BCUT2D eigenvalue weighted by molar-refractivity contribution is 0.164. The molecule has 0 saturated carbocycles. The molecule has 208 valence electrons. The largest absolute Gasteiger partial charge is 0.473 e. The SMILES string of the molecule is C=CC1=C(/C=C\C)C2(C=Cc3c(ccc4ccccc34)O2)c2c(/C=C\CCC)c(Oc3ccccc3)c(C)c(C=C)c21. The maximum atomic E-state index is 7.24. The van der Waals surface area contributed by atoms with Crippen molar-refractivity contribution in [3.63, 3.8) is 0 Å². The molecule has 0 N–H and O–H groups in total. The Hall–Kier alpha value is -4.82. The maximum absolute atomic E-state index is 7.24. The predicted octanol–water partition coefficient (Wildman–Crippen LogP) is 11.2. The molecule has 2 heteroatoms. The highest BCUT2D eigenvalue weighted by Crippen LogP contribution is 2.57. The first-order valence-electron chi connectivity index (χ1n) is 14.7. The summed E-state index contributed by atoms with van der Waals surface area (Å²) in [5.74, 6) is 2.45. The van der Waals surface area contributed by atoms with Crippen molar-refractivity contribution in [3.8, 4) is 17.2 Å². The summed E-state index contributed by atoms with van der Waals surface area (Å²) in [6, 6.07) is 22.7. The molecule has 2 aliphatic rings. The summed E-state index contributed by atoms with van der Waals surface area (Å²) in [6.07, 6.45) is 19.1. The lowest BCUT2D eigenvalue weighted by atomic mass is 9.81. The van der Waals surface area contributed by atoms with Gasteiger partial charge in [-0.15, -0.1) is 0 Å². The quantitative estimate of drug-likeness (QED) is 0.218. The Balaban J connectivity index is 1.70. The predicted molar refractivity (Wildman–Crippen MR) is 179 cm³/mol. The molecular formula is C40H36O2. The average molecular weight is 549 g/mol. The van der Waals surface area contributed by atoms with Crippen LogP contribution >= 0.6 is 0 Å². The van der Waals surface area contributed by atoms with Gasteiger partial charge < -0.3 is 9.47 Å². The molecule has 0 fully saturated rings. The van der Waals surface area contributed by atoms with Crippen LogP contribution in [0.3, 0.4) is 0 Å². The Morgan fingerprint density at radius 3 is 2.43 bits per heavy atom. The van der Waals surface area contributed by atoms with E-state index in [1.54, 1.807) is 0 Å². The van der Waals surface area contributed by atoms with Gasteiger partial charge in [0, 0.05) is 27.8 Å². The van der Waals surface area contributed by atoms with E-state index < -0.39 is 5.60 Å². The van der Waals surface area contributed by atoms with Crippen LogP contribution in [0.15, 0.2) is 116 Å². The van der Waals surface area contributed by atoms with E-state index in [4.69, 9.17) is 9.47 Å². The third-order valence-electron chi connectivity index (χ3n) is 8.24. The summed E-state index contributed by atoms with van der Waals surface area (Å²) in [7, 11) is 0. The summed E-state index contributed by atoms with van der Waals surface area (Å²) in [5.41, 5.74) is 7.53. The van der Waals surface area contributed by atoms with Crippen LogP contribution in [-0.2, 0) is 5.60 Å². The highest BCUT2D eigenvalue weighted by atomic mass is 16.5. The van der Waals surface area contributed by atoms with E-state index in [1.165, 1.54) is 10.8 Å². The molecule has 1 unspecified atom stereocenters. The fraction of sp³-hybridized carbons (Fsp3) is 0.150. The Morgan fingerprint density at radius 2 is 1.69 bits per heavy atom. The van der Waals surface area contributed by atoms with Crippen molar-refractivity contribution in [3.05, 3.63) is 149 Å². The van der Waals surface area contributed by atoms with Gasteiger partial charge in [0.25, 0.3) is 0 Å². The van der Waals surface area contributed by atoms with Gasteiger partial charge in [0.05, 0.1) is 0 Å². The molecule has 1 aliphatic carbocycles. The van der Waals surface area contributed by atoms with Gasteiger partial charge in [0.15, 0.2) is 5.60 Å². The van der Waals surface area contributed by atoms with Crippen molar-refractivity contribution in [1.82, 2.24) is 0 Å². The monoisotopic (exact) mass is 548 g/mol. The molecule has 6 rings (SSSR count). The van der Waals surface area contributed by atoms with Crippen molar-refractivity contribution in [2.24, 2.45) is 0 Å². The van der Waals surface area contributed by atoms with E-state index in [9.17, 15) is 0 Å². The second kappa shape index (κ2) is 11.2. The Labute approximate surface area is 249 Å². The lowest BCUT2D eigenvalue weighted by Crippen LogP contribution is -2.34. The third kappa shape index (κ3) is 4.26. The first-order chi connectivity index (χ1) is 20.6. The lowest BCUT2D eigenvalue weighted by Gasteiger charge is -2.36. The van der Waals surface area contributed by atoms with E-state index >= 15 is 0 Å². The summed E-state index contributed by atoms with van der Waals surface area (Å²) in [4.78, 5) is 0. The van der Waals surface area contributed by atoms with Crippen molar-refractivity contribution in [1.29, 1.82) is 0 Å². The standard InChI is InChI=1S/C40H36O2/c1-6-10-12-22-34-38-37(30(8-3)27(5)39(34)41-29-19-13-11-14-20-29)31(9-4)35(17-7-2)40(38)26-25-33-32-21-16-15-18-28(32)23-24-36(33)42-40/h7-9,11-26H,3-4,6,10H2,1-2,5H3/b17-7-,22-12-. The van der Waals surface area contributed by atoms with Gasteiger partial charge in [-0.1, -0.05) is 111 Å². The average Bonchev–Trinajstić information content (AvgIpc) is 3.27. The minimum absolute atomic E-state index is 0.787. The van der Waals surface area contributed by atoms with Gasteiger partial charge in [-0.3, -0.25) is 0 Å². The molecule has 2 nitrogen and oxygen atoms in total. The molecule has 1 aliphatic heterocycles. The van der Waals surface area contributed by atoms with Crippen LogP contribution in [0.1, 0.15) is 60.1 Å². The first kappa shape index (κ1) is 27.4. The number of rotatable bonds is 8. The maximum Gasteiger partial charge on any atom is 0.180 e. The van der Waals surface area contributed by atoms with Gasteiger partial charge in [-0.2, -0.15) is 0 Å². The minimum atomic E-state index is -0.882. The zero-order chi connectivity index (χ0) is 29.3. The van der Waals surface area contributed by atoms with Crippen LogP contribution in [0, 0.1) is 6.92 Å². The molecule has 1 atom stereocenters. The number of allylic oxidation sites excluding steroid dienone is 4. The van der Waals surface area contributed by atoms with E-state index in [-0.39, 0.29) is 0 Å². The molecule has 1 heterocycles. The second-order valence-corrected chi connectivity index (χ2v) is 10.7. The smallest absolute Gasteiger partial charge is 0.180 e. The third-order valence-corrected chi connectivity index (χ3v) is 8.24. The second-order valence-electron chi connectivity index (χ2n) is 10.7. The van der Waals surface area contributed by atoms with E-state index in [0.717, 1.165) is 74.6 Å². The summed E-state index contributed by atoms with van der Waals surface area (Å²) >= 11 is 0. The zero-order valence-electron chi connectivity index (χ0n) is 24.6. The number of benzene rings is 4. The number of fused-ring (bicyclic) bond motifs is 5. The van der Waals surface area contributed by atoms with Gasteiger partial charge in [0.1, 0.15) is 17.2 Å². The molecule has 0 bridgehead atoms. The van der Waals surface area contributed by atoms with Crippen LogP contribution in [0.2, 0.25) is 0 Å². The summed E-state index contributed by atoms with van der Waals surface area (Å²) in [5, 5.41) is 2.36. The van der Waals surface area contributed by atoms with Gasteiger partial charge >= 0.3 is 0 Å². The molecule has 0 radical (unpaired) electrons. The summed E-state index contributed by atoms with van der Waals surface area (Å²) in [6.45, 7) is 14.9. The van der Waals surface area contributed by atoms with E-state index in [0.29, 0.717) is 0 Å². The van der Waals surface area contributed by atoms with Crippen LogP contribution in [0.5, 0.6) is 17.2 Å². The van der Waals surface area contributed by atoms with Crippen LogP contribution in [0.4, 0.5) is 0 Å². The normalized spacial score (nSPS) is 17.2. The van der Waals surface area contributed by atoms with Crippen molar-refractivity contribution >= 4 is 34.6 Å². The Bertz CT molecular complexity index is 1830. The van der Waals surface area contributed by atoms with Crippen LogP contribution in [0.25, 0.3) is 34.6 Å². The fourth-order valence-corrected chi connectivity index (χ4v) is 6.37. The van der Waals surface area contributed by atoms with Gasteiger partial charge in [0.2, 0.25) is 0 Å². The number of hydrogen-bond acceptors (Lipinski definition) is 2. The molecular weight excluding hydrogens is 512 g/mol. The minimum Gasteiger partial charge on any atom is -0.473 e. The number of unbranched alkanes of at least 4 members (excludes halogenated alkanes) is 1. The van der Waals surface area contributed by atoms with Crippen LogP contribution in [-0.4, -0.2) is 0 Å². The van der Waals surface area contributed by atoms with Crippen LogP contribution < -0.4 is 9.47 Å². The number of hydrogen-bond donors (Lipinski definition) is 0. The molecule has 4 aromatic rings. The van der Waals surface area contributed by atoms with Gasteiger partial charge in [-0.05, 0) is 78.1 Å². The Morgan fingerprint density at radius 1 is 0.905 bits per heavy atom. The fourth-order valence-electron chi connectivity index (χ4n) is 6.37. The zero-order valence-corrected chi connectivity index (χ0v) is 24.6. The number of para-hydroxylation sites is 1. The molecule has 4 aromatic carbocycles.